The lowest BCUT2D eigenvalue weighted by Crippen LogP contribution is -2.47. The van der Waals surface area contributed by atoms with Gasteiger partial charge in [-0.15, -0.1) is 0 Å². The van der Waals surface area contributed by atoms with Crippen molar-refractivity contribution in [1.82, 2.24) is 14.9 Å². The Hall–Kier alpha value is -4.04. The van der Waals surface area contributed by atoms with Gasteiger partial charge in [-0.1, -0.05) is 54.2 Å². The third-order valence-corrected chi connectivity index (χ3v) is 8.43. The number of hydrogen-bond acceptors (Lipinski definition) is 7. The number of amides is 1. The number of thioether (sulfide) groups is 1. The van der Waals surface area contributed by atoms with Crippen molar-refractivity contribution in [3.63, 3.8) is 0 Å². The predicted molar refractivity (Wildman–Crippen MR) is 167 cm³/mol. The molecule has 3 aromatic carbocycles. The van der Waals surface area contributed by atoms with E-state index in [9.17, 15) is 4.79 Å². The van der Waals surface area contributed by atoms with E-state index in [1.165, 1.54) is 5.69 Å². The van der Waals surface area contributed by atoms with Crippen molar-refractivity contribution in [3.05, 3.63) is 107 Å². The van der Waals surface area contributed by atoms with Gasteiger partial charge >= 0.3 is 0 Å². The van der Waals surface area contributed by atoms with Crippen LogP contribution in [-0.2, 0) is 12.3 Å². The van der Waals surface area contributed by atoms with E-state index in [1.807, 2.05) is 67.7 Å². The fourth-order valence-electron chi connectivity index (χ4n) is 5.02. The van der Waals surface area contributed by atoms with Crippen LogP contribution in [0.15, 0.2) is 84.0 Å². The minimum Gasteiger partial charge on any atom is -0.497 e. The van der Waals surface area contributed by atoms with Gasteiger partial charge in [0.05, 0.1) is 7.11 Å². The van der Waals surface area contributed by atoms with Crippen molar-refractivity contribution < 1.29 is 9.53 Å². The standard InChI is InChI=1S/C33H37N5O2S/c1-24-25(2)34-33(35-31(24)38-19-17-37(18-20-38)29-13-15-30(40-4)16-14-29)41-23-27-11-8-12-28(21-27)32(39)36(3)22-26-9-6-5-7-10-26/h5-16,21H,17-20,22-23H2,1-4H3. The molecule has 7 nitrogen and oxygen atoms in total. The molecule has 0 radical (unpaired) electrons. The minimum absolute atomic E-state index is 0.0132. The smallest absolute Gasteiger partial charge is 0.253 e. The molecule has 0 saturated carbocycles. The van der Waals surface area contributed by atoms with Gasteiger partial charge in [-0.2, -0.15) is 0 Å². The number of benzene rings is 3. The summed E-state index contributed by atoms with van der Waals surface area (Å²) >= 11 is 1.61. The van der Waals surface area contributed by atoms with Gasteiger partial charge in [-0.3, -0.25) is 4.79 Å². The van der Waals surface area contributed by atoms with Gasteiger partial charge in [0.1, 0.15) is 11.6 Å². The Morgan fingerprint density at radius 3 is 2.27 bits per heavy atom. The summed E-state index contributed by atoms with van der Waals surface area (Å²) in [5.41, 5.74) is 6.22. The van der Waals surface area contributed by atoms with Crippen LogP contribution in [0.5, 0.6) is 5.75 Å². The minimum atomic E-state index is 0.0132. The normalized spacial score (nSPS) is 13.3. The van der Waals surface area contributed by atoms with Crippen molar-refractivity contribution in [2.45, 2.75) is 31.3 Å². The Morgan fingerprint density at radius 2 is 1.56 bits per heavy atom. The van der Waals surface area contributed by atoms with Crippen LogP contribution in [0.4, 0.5) is 11.5 Å². The van der Waals surface area contributed by atoms with Crippen LogP contribution in [0, 0.1) is 13.8 Å². The SMILES string of the molecule is COc1ccc(N2CCN(c3nc(SCc4cccc(C(=O)N(C)Cc5ccccc5)c4)nc(C)c3C)CC2)cc1. The molecule has 0 atom stereocenters. The van der Waals surface area contributed by atoms with Crippen LogP contribution in [0.1, 0.15) is 32.7 Å². The second kappa shape index (κ2) is 13.1. The molecule has 0 N–H and O–H groups in total. The molecule has 5 rings (SSSR count). The first-order valence-corrected chi connectivity index (χ1v) is 14.9. The molecule has 8 heteroatoms. The number of ether oxygens (including phenoxy) is 1. The van der Waals surface area contributed by atoms with Crippen LogP contribution in [-0.4, -0.2) is 61.1 Å². The third kappa shape index (κ3) is 7.00. The van der Waals surface area contributed by atoms with Crippen LogP contribution in [0.25, 0.3) is 0 Å². The Morgan fingerprint density at radius 1 is 0.878 bits per heavy atom. The van der Waals surface area contributed by atoms with E-state index in [2.05, 4.69) is 41.8 Å². The maximum absolute atomic E-state index is 13.1. The summed E-state index contributed by atoms with van der Waals surface area (Å²) in [5, 5.41) is 0.763. The summed E-state index contributed by atoms with van der Waals surface area (Å²) in [5.74, 6) is 2.59. The highest BCUT2D eigenvalue weighted by Gasteiger charge is 2.22. The van der Waals surface area contributed by atoms with Crippen LogP contribution in [0.2, 0.25) is 0 Å². The Kier molecular flexibility index (Phi) is 9.09. The molecule has 2 heterocycles. The monoisotopic (exact) mass is 567 g/mol. The van der Waals surface area contributed by atoms with Gasteiger partial charge in [-0.25, -0.2) is 9.97 Å². The van der Waals surface area contributed by atoms with E-state index in [-0.39, 0.29) is 5.91 Å². The molecule has 0 aliphatic carbocycles. The van der Waals surface area contributed by atoms with E-state index < -0.39 is 0 Å². The lowest BCUT2D eigenvalue weighted by molar-refractivity contribution is 0.0785. The van der Waals surface area contributed by atoms with Gasteiger partial charge in [0.15, 0.2) is 5.16 Å². The number of nitrogens with zero attached hydrogens (tertiary/aromatic N) is 5. The molecule has 41 heavy (non-hydrogen) atoms. The van der Waals surface area contributed by atoms with E-state index in [0.717, 1.165) is 65.3 Å². The number of piperazine rings is 1. The molecule has 1 aliphatic rings. The number of anilines is 2. The fraction of sp³-hybridized carbons (Fsp3) is 0.303. The van der Waals surface area contributed by atoms with Crippen molar-refractivity contribution in [2.24, 2.45) is 0 Å². The third-order valence-electron chi connectivity index (χ3n) is 7.51. The van der Waals surface area contributed by atoms with Gasteiger partial charge in [0, 0.05) is 68.0 Å². The van der Waals surface area contributed by atoms with Gasteiger partial charge in [0.25, 0.3) is 5.91 Å². The summed E-state index contributed by atoms with van der Waals surface area (Å²) in [6.45, 7) is 8.39. The average Bonchev–Trinajstić information content (AvgIpc) is 3.02. The fourth-order valence-corrected chi connectivity index (χ4v) is 5.85. The molecule has 1 fully saturated rings. The number of rotatable bonds is 9. The first kappa shape index (κ1) is 28.5. The lowest BCUT2D eigenvalue weighted by Gasteiger charge is -2.37. The summed E-state index contributed by atoms with van der Waals surface area (Å²) < 4.78 is 5.30. The zero-order valence-electron chi connectivity index (χ0n) is 24.2. The molecule has 0 unspecified atom stereocenters. The number of methoxy groups -OCH3 is 1. The van der Waals surface area contributed by atoms with Crippen molar-refractivity contribution >= 4 is 29.2 Å². The number of aryl methyl sites for hydroxylation is 1. The average molecular weight is 568 g/mol. The molecule has 0 bridgehead atoms. The summed E-state index contributed by atoms with van der Waals surface area (Å²) in [4.78, 5) is 29.4. The highest BCUT2D eigenvalue weighted by Crippen LogP contribution is 2.28. The summed E-state index contributed by atoms with van der Waals surface area (Å²) in [7, 11) is 3.54. The topological polar surface area (TPSA) is 61.8 Å². The summed E-state index contributed by atoms with van der Waals surface area (Å²) in [6, 6.07) is 26.2. The molecule has 212 valence electrons. The van der Waals surface area contributed by atoms with E-state index >= 15 is 0 Å². The zero-order chi connectivity index (χ0) is 28.8. The predicted octanol–water partition coefficient (Wildman–Crippen LogP) is 5.99. The molecule has 1 aliphatic heterocycles. The second-order valence-electron chi connectivity index (χ2n) is 10.3. The highest BCUT2D eigenvalue weighted by molar-refractivity contribution is 7.98. The molecular formula is C33H37N5O2S. The Bertz CT molecular complexity index is 1470. The number of carbonyl (C=O) groups is 1. The molecule has 1 amide bonds. The van der Waals surface area contributed by atoms with Gasteiger partial charge in [-0.05, 0) is 61.4 Å². The van der Waals surface area contributed by atoms with Gasteiger partial charge < -0.3 is 19.4 Å². The second-order valence-corrected chi connectivity index (χ2v) is 11.3. The van der Waals surface area contributed by atoms with Crippen LogP contribution < -0.4 is 14.5 Å². The number of carbonyl (C=O) groups excluding carboxylic acids is 1. The van der Waals surface area contributed by atoms with E-state index in [0.29, 0.717) is 17.9 Å². The number of hydrogen-bond donors (Lipinski definition) is 0. The lowest BCUT2D eigenvalue weighted by atomic mass is 10.1. The van der Waals surface area contributed by atoms with Crippen molar-refractivity contribution in [3.8, 4) is 5.75 Å². The molecule has 0 spiro atoms. The van der Waals surface area contributed by atoms with E-state index in [4.69, 9.17) is 14.7 Å². The quantitative estimate of drug-likeness (QED) is 0.182. The Balaban J connectivity index is 1.22. The Labute approximate surface area is 247 Å². The van der Waals surface area contributed by atoms with Crippen LogP contribution >= 0.6 is 11.8 Å². The molecular weight excluding hydrogens is 530 g/mol. The largest absolute Gasteiger partial charge is 0.497 e. The highest BCUT2D eigenvalue weighted by atomic mass is 32.2. The van der Waals surface area contributed by atoms with Crippen molar-refractivity contribution in [1.29, 1.82) is 0 Å². The molecule has 4 aromatic rings. The van der Waals surface area contributed by atoms with Crippen LogP contribution in [0.3, 0.4) is 0 Å². The van der Waals surface area contributed by atoms with Crippen molar-refractivity contribution in [2.75, 3.05) is 50.1 Å². The number of aromatic nitrogens is 2. The summed E-state index contributed by atoms with van der Waals surface area (Å²) in [6.07, 6.45) is 0. The molecule has 1 aromatic heterocycles. The van der Waals surface area contributed by atoms with E-state index in [1.54, 1.807) is 23.8 Å². The molecule has 1 saturated heterocycles. The first-order valence-electron chi connectivity index (χ1n) is 13.9. The van der Waals surface area contributed by atoms with Gasteiger partial charge in [0.2, 0.25) is 0 Å². The zero-order valence-corrected chi connectivity index (χ0v) is 25.0. The maximum atomic E-state index is 13.1. The maximum Gasteiger partial charge on any atom is 0.253 e. The first-order chi connectivity index (χ1) is 19.9.